The first-order valence-corrected chi connectivity index (χ1v) is 11.2. The van der Waals surface area contributed by atoms with Gasteiger partial charge in [0.2, 0.25) is 0 Å². The van der Waals surface area contributed by atoms with E-state index in [2.05, 4.69) is 74.9 Å². The highest BCUT2D eigenvalue weighted by Crippen LogP contribution is 2.39. The molecule has 3 heterocycles. The molecule has 4 nitrogen and oxygen atoms in total. The van der Waals surface area contributed by atoms with Crippen molar-refractivity contribution in [1.82, 2.24) is 19.9 Å². The van der Waals surface area contributed by atoms with Crippen LogP contribution in [0.2, 0.25) is 0 Å². The fourth-order valence-electron chi connectivity index (χ4n) is 4.82. The molecule has 0 amide bonds. The van der Waals surface area contributed by atoms with Crippen molar-refractivity contribution >= 4 is 65.0 Å². The van der Waals surface area contributed by atoms with Gasteiger partial charge in [-0.2, -0.15) is 0 Å². The van der Waals surface area contributed by atoms with Gasteiger partial charge >= 0.3 is 0 Å². The number of aromatic amines is 2. The van der Waals surface area contributed by atoms with Gasteiger partial charge in [-0.3, -0.25) is 0 Å². The molecule has 7 rings (SSSR count). The highest BCUT2D eigenvalue weighted by molar-refractivity contribution is 7.18. The van der Waals surface area contributed by atoms with Gasteiger partial charge in [0.15, 0.2) is 0 Å². The normalized spacial score (nSPS) is 12.2. The molecule has 0 saturated heterocycles. The van der Waals surface area contributed by atoms with Crippen LogP contribution in [0.1, 0.15) is 11.6 Å². The molecule has 0 bridgehead atoms. The Morgan fingerprint density at radius 2 is 1.45 bits per heavy atom. The Kier molecular flexibility index (Phi) is 3.26. The molecule has 4 aromatic carbocycles. The molecular formula is C26H18N4S. The van der Waals surface area contributed by atoms with E-state index >= 15 is 0 Å². The molecule has 0 aliphatic carbocycles. The van der Waals surface area contributed by atoms with Gasteiger partial charge in [0.25, 0.3) is 0 Å². The number of thiophene rings is 1. The maximum atomic E-state index is 4.75. The van der Waals surface area contributed by atoms with E-state index in [0.717, 1.165) is 33.7 Å². The first-order chi connectivity index (χ1) is 15.2. The fourth-order valence-corrected chi connectivity index (χ4v) is 5.75. The molecular weight excluding hydrogens is 400 g/mol. The zero-order valence-corrected chi connectivity index (χ0v) is 17.9. The Hall–Kier alpha value is -3.70. The van der Waals surface area contributed by atoms with Crippen molar-refractivity contribution in [2.24, 2.45) is 0 Å². The number of fused-ring (bicyclic) bond motifs is 9. The van der Waals surface area contributed by atoms with E-state index < -0.39 is 0 Å². The molecule has 0 unspecified atom stereocenters. The lowest BCUT2D eigenvalue weighted by atomic mass is 9.97. The van der Waals surface area contributed by atoms with Crippen molar-refractivity contribution < 1.29 is 0 Å². The van der Waals surface area contributed by atoms with E-state index in [-0.39, 0.29) is 0 Å². The summed E-state index contributed by atoms with van der Waals surface area (Å²) >= 11 is 1.79. The number of nitrogens with one attached hydrogen (secondary N) is 2. The third kappa shape index (κ3) is 2.35. The van der Waals surface area contributed by atoms with Crippen LogP contribution in [0.25, 0.3) is 64.8 Å². The van der Waals surface area contributed by atoms with E-state index in [1.165, 1.54) is 42.8 Å². The molecule has 0 fully saturated rings. The highest BCUT2D eigenvalue weighted by Gasteiger charge is 2.14. The summed E-state index contributed by atoms with van der Waals surface area (Å²) in [4.78, 5) is 16.2. The van der Waals surface area contributed by atoms with Crippen LogP contribution in [-0.4, -0.2) is 19.9 Å². The Morgan fingerprint density at radius 3 is 2.35 bits per heavy atom. The third-order valence-electron chi connectivity index (χ3n) is 6.20. The summed E-state index contributed by atoms with van der Waals surface area (Å²) in [6.45, 7) is 4.02. The Morgan fingerprint density at radius 1 is 0.677 bits per heavy atom. The monoisotopic (exact) mass is 418 g/mol. The number of nitrogens with zero attached hydrogens (tertiary/aromatic N) is 2. The minimum Gasteiger partial charge on any atom is -0.342 e. The van der Waals surface area contributed by atoms with Gasteiger partial charge in [-0.25, -0.2) is 9.97 Å². The molecule has 0 saturated carbocycles. The zero-order chi connectivity index (χ0) is 20.7. The maximum Gasteiger partial charge on any atom is 0.104 e. The predicted molar refractivity (Wildman–Crippen MR) is 131 cm³/mol. The summed E-state index contributed by atoms with van der Waals surface area (Å²) in [5.74, 6) is 1.90. The topological polar surface area (TPSA) is 57.4 Å². The molecule has 3 aromatic heterocycles. The fraction of sp³-hybridized carbons (Fsp3) is 0.0769. The number of hydrogen-bond donors (Lipinski definition) is 2. The molecule has 0 spiro atoms. The molecule has 148 valence electrons. The van der Waals surface area contributed by atoms with Gasteiger partial charge in [0, 0.05) is 26.2 Å². The second kappa shape index (κ2) is 5.93. The lowest BCUT2D eigenvalue weighted by Crippen LogP contribution is -1.83. The maximum absolute atomic E-state index is 4.75. The average Bonchev–Trinajstić information content (AvgIpc) is 3.49. The van der Waals surface area contributed by atoms with Crippen LogP contribution in [0.4, 0.5) is 0 Å². The van der Waals surface area contributed by atoms with E-state index in [0.29, 0.717) is 0 Å². The van der Waals surface area contributed by atoms with Crippen LogP contribution < -0.4 is 0 Å². The van der Waals surface area contributed by atoms with Crippen molar-refractivity contribution in [2.75, 3.05) is 0 Å². The van der Waals surface area contributed by atoms with E-state index in [1.807, 2.05) is 13.8 Å². The van der Waals surface area contributed by atoms with Gasteiger partial charge in [-0.1, -0.05) is 30.3 Å². The van der Waals surface area contributed by atoms with Crippen molar-refractivity contribution in [1.29, 1.82) is 0 Å². The summed E-state index contributed by atoms with van der Waals surface area (Å²) in [6.07, 6.45) is 0. The van der Waals surface area contributed by atoms with Gasteiger partial charge < -0.3 is 9.97 Å². The number of H-pyrrole nitrogens is 2. The summed E-state index contributed by atoms with van der Waals surface area (Å²) < 4.78 is 1.30. The van der Waals surface area contributed by atoms with Gasteiger partial charge in [-0.05, 0) is 60.0 Å². The first kappa shape index (κ1) is 17.0. The average molecular weight is 419 g/mol. The number of benzene rings is 4. The molecule has 5 heteroatoms. The van der Waals surface area contributed by atoms with E-state index in [1.54, 1.807) is 11.3 Å². The highest BCUT2D eigenvalue weighted by atomic mass is 32.1. The molecule has 2 N–H and O–H groups in total. The predicted octanol–water partition coefficient (Wildman–Crippen LogP) is 7.24. The first-order valence-electron chi connectivity index (χ1n) is 10.3. The van der Waals surface area contributed by atoms with Crippen molar-refractivity contribution in [3.05, 3.63) is 71.6 Å². The molecule has 0 aliphatic rings. The number of aromatic nitrogens is 4. The van der Waals surface area contributed by atoms with Crippen molar-refractivity contribution in [3.63, 3.8) is 0 Å². The summed E-state index contributed by atoms with van der Waals surface area (Å²) in [5, 5.41) is 8.27. The van der Waals surface area contributed by atoms with Crippen molar-refractivity contribution in [2.45, 2.75) is 13.8 Å². The Labute approximate surface area is 181 Å². The van der Waals surface area contributed by atoms with Crippen LogP contribution >= 0.6 is 11.3 Å². The molecule has 31 heavy (non-hydrogen) atoms. The standard InChI is InChI=1S/C26H18N4S/c1-13-27-22-8-5-17-11-15(3-6-18(17)23(22)28-13)16-4-7-19-21(12-16)26-20(9-10-31-26)25-24(19)29-14(2)30-25/h3-12H,1-2H3,(H,27,28)(H,29,30). The number of hydrogen-bond acceptors (Lipinski definition) is 3. The number of imidazole rings is 2. The van der Waals surface area contributed by atoms with Crippen LogP contribution in [-0.2, 0) is 0 Å². The van der Waals surface area contributed by atoms with Gasteiger partial charge in [0.05, 0.1) is 22.1 Å². The minimum absolute atomic E-state index is 0.946. The lowest BCUT2D eigenvalue weighted by molar-refractivity contribution is 1.17. The minimum atomic E-state index is 0.946. The second-order valence-electron chi connectivity index (χ2n) is 8.19. The summed E-state index contributed by atoms with van der Waals surface area (Å²) in [7, 11) is 0. The molecule has 0 radical (unpaired) electrons. The van der Waals surface area contributed by atoms with Gasteiger partial charge in [-0.15, -0.1) is 11.3 Å². The number of rotatable bonds is 1. The summed E-state index contributed by atoms with van der Waals surface area (Å²) in [5.41, 5.74) is 6.75. The van der Waals surface area contributed by atoms with E-state index in [4.69, 9.17) is 4.98 Å². The largest absolute Gasteiger partial charge is 0.342 e. The summed E-state index contributed by atoms with van der Waals surface area (Å²) in [6, 6.07) is 19.9. The molecule has 7 aromatic rings. The molecule has 0 atom stereocenters. The van der Waals surface area contributed by atoms with Crippen LogP contribution in [0.3, 0.4) is 0 Å². The van der Waals surface area contributed by atoms with Crippen LogP contribution in [0, 0.1) is 13.8 Å². The quantitative estimate of drug-likeness (QED) is 0.295. The van der Waals surface area contributed by atoms with Crippen LogP contribution in [0.15, 0.2) is 60.0 Å². The lowest BCUT2D eigenvalue weighted by Gasteiger charge is -2.08. The van der Waals surface area contributed by atoms with Gasteiger partial charge in [0.1, 0.15) is 11.6 Å². The zero-order valence-electron chi connectivity index (χ0n) is 17.1. The smallest absolute Gasteiger partial charge is 0.104 e. The number of aryl methyl sites for hydroxylation is 2. The second-order valence-corrected chi connectivity index (χ2v) is 9.11. The Bertz CT molecular complexity index is 1820. The van der Waals surface area contributed by atoms with Crippen molar-refractivity contribution in [3.8, 4) is 11.1 Å². The molecule has 0 aliphatic heterocycles. The Balaban J connectivity index is 1.49. The SMILES string of the molecule is Cc1nc2c(ccc3cc(-c4ccc5c(c4)c4sccc4c4nc(C)[nH]c54)ccc32)[nH]1. The van der Waals surface area contributed by atoms with Crippen LogP contribution in [0.5, 0.6) is 0 Å². The van der Waals surface area contributed by atoms with E-state index in [9.17, 15) is 0 Å². The third-order valence-corrected chi connectivity index (χ3v) is 7.14.